The van der Waals surface area contributed by atoms with Gasteiger partial charge in [-0.25, -0.2) is 4.98 Å². The zero-order valence-electron chi connectivity index (χ0n) is 20.7. The van der Waals surface area contributed by atoms with Crippen LogP contribution in [-0.2, 0) is 11.2 Å². The van der Waals surface area contributed by atoms with Crippen molar-refractivity contribution in [1.82, 2.24) is 14.9 Å². The molecule has 0 bridgehead atoms. The van der Waals surface area contributed by atoms with Crippen LogP contribution in [0.15, 0.2) is 41.5 Å². The number of hydrogen-bond donors (Lipinski definition) is 3. The predicted octanol–water partition coefficient (Wildman–Crippen LogP) is 2.43. The first kappa shape index (κ1) is 25.0. The molecule has 8 heteroatoms. The summed E-state index contributed by atoms with van der Waals surface area (Å²) in [5.74, 6) is -0.238. The molecule has 35 heavy (non-hydrogen) atoms. The lowest BCUT2D eigenvalue weighted by molar-refractivity contribution is -0.0395. The largest absolute Gasteiger partial charge is 0.389 e. The Hall–Kier alpha value is -3.07. The topological polar surface area (TPSA) is 114 Å². The third-order valence-electron chi connectivity index (χ3n) is 6.69. The van der Waals surface area contributed by atoms with E-state index in [1.165, 1.54) is 10.9 Å². The fourth-order valence-corrected chi connectivity index (χ4v) is 4.46. The molecule has 1 aliphatic heterocycles. The van der Waals surface area contributed by atoms with Gasteiger partial charge in [0.25, 0.3) is 11.5 Å². The van der Waals surface area contributed by atoms with Gasteiger partial charge in [0.15, 0.2) is 0 Å². The number of rotatable bonds is 6. The van der Waals surface area contributed by atoms with E-state index in [4.69, 9.17) is 4.74 Å². The predicted molar refractivity (Wildman–Crippen MR) is 134 cm³/mol. The normalized spacial score (nSPS) is 18.6. The number of fused-ring (bicyclic) bond motifs is 1. The van der Waals surface area contributed by atoms with Crippen molar-refractivity contribution in [2.24, 2.45) is 0 Å². The van der Waals surface area contributed by atoms with Crippen molar-refractivity contribution in [2.45, 2.75) is 58.3 Å². The molecular weight excluding hydrogens is 446 g/mol. The van der Waals surface area contributed by atoms with E-state index < -0.39 is 11.7 Å². The number of ether oxygens (including phenoxy) is 1. The van der Waals surface area contributed by atoms with Gasteiger partial charge in [-0.2, -0.15) is 0 Å². The summed E-state index contributed by atoms with van der Waals surface area (Å²) >= 11 is 0. The highest BCUT2D eigenvalue weighted by molar-refractivity contribution is 5.94. The average molecular weight is 480 g/mol. The minimum absolute atomic E-state index is 0.163. The molecule has 4 rings (SSSR count). The number of amides is 1. The summed E-state index contributed by atoms with van der Waals surface area (Å²) < 4.78 is 6.85. The Morgan fingerprint density at radius 1 is 1.23 bits per heavy atom. The summed E-state index contributed by atoms with van der Waals surface area (Å²) in [6, 6.07) is 8.88. The van der Waals surface area contributed by atoms with Crippen LogP contribution in [0.4, 0.5) is 0 Å². The van der Waals surface area contributed by atoms with Crippen molar-refractivity contribution in [3.8, 4) is 0 Å². The molecule has 1 amide bonds. The van der Waals surface area contributed by atoms with Crippen LogP contribution < -0.4 is 10.9 Å². The minimum Gasteiger partial charge on any atom is -0.389 e. The Labute approximate surface area is 204 Å². The van der Waals surface area contributed by atoms with Crippen LogP contribution >= 0.6 is 0 Å². The molecule has 0 radical (unpaired) electrons. The van der Waals surface area contributed by atoms with Gasteiger partial charge in [0.05, 0.1) is 41.6 Å². The summed E-state index contributed by atoms with van der Waals surface area (Å²) in [6.45, 7) is 8.14. The minimum atomic E-state index is -0.975. The SMILES string of the molecule is Cc1c(Cc2ccc(C(=O)NCC(C)(C)O)cc2)cc2c(=O)n([C@H]3CCOC[C@@H]3O)cnc2c1C. The van der Waals surface area contributed by atoms with E-state index in [9.17, 15) is 19.8 Å². The van der Waals surface area contributed by atoms with Crippen molar-refractivity contribution in [3.63, 3.8) is 0 Å². The number of aryl methyl sites for hydroxylation is 1. The van der Waals surface area contributed by atoms with E-state index >= 15 is 0 Å². The van der Waals surface area contributed by atoms with Gasteiger partial charge in [-0.15, -0.1) is 0 Å². The number of nitrogens with zero attached hydrogens (tertiary/aromatic N) is 2. The fraction of sp³-hybridized carbons (Fsp3) is 0.444. The number of benzene rings is 2. The van der Waals surface area contributed by atoms with Gasteiger partial charge in [0.1, 0.15) is 0 Å². The fourth-order valence-electron chi connectivity index (χ4n) is 4.46. The van der Waals surface area contributed by atoms with Gasteiger partial charge >= 0.3 is 0 Å². The first-order chi connectivity index (χ1) is 16.5. The molecule has 2 atom stereocenters. The molecule has 1 fully saturated rings. The molecule has 3 aromatic rings. The number of aliphatic hydroxyl groups excluding tert-OH is 1. The third kappa shape index (κ3) is 5.45. The molecule has 8 nitrogen and oxygen atoms in total. The second-order valence-corrected chi connectivity index (χ2v) is 10.0. The Bertz CT molecular complexity index is 1290. The highest BCUT2D eigenvalue weighted by Gasteiger charge is 2.27. The zero-order chi connectivity index (χ0) is 25.3. The van der Waals surface area contributed by atoms with E-state index in [0.29, 0.717) is 35.9 Å². The van der Waals surface area contributed by atoms with Gasteiger partial charge in [-0.3, -0.25) is 14.2 Å². The molecule has 1 aliphatic rings. The maximum Gasteiger partial charge on any atom is 0.261 e. The van der Waals surface area contributed by atoms with E-state index in [1.54, 1.807) is 26.0 Å². The maximum atomic E-state index is 13.4. The van der Waals surface area contributed by atoms with Gasteiger partial charge in [-0.05, 0) is 81.0 Å². The Kier molecular flexibility index (Phi) is 7.07. The third-order valence-corrected chi connectivity index (χ3v) is 6.69. The number of nitrogens with one attached hydrogen (secondary N) is 1. The van der Waals surface area contributed by atoms with Crippen LogP contribution in [0, 0.1) is 13.8 Å². The van der Waals surface area contributed by atoms with Crippen LogP contribution in [0.3, 0.4) is 0 Å². The first-order valence-electron chi connectivity index (χ1n) is 11.9. The Balaban J connectivity index is 1.62. The van der Waals surface area contributed by atoms with Gasteiger partial charge < -0.3 is 20.3 Å². The summed E-state index contributed by atoms with van der Waals surface area (Å²) in [5, 5.41) is 23.4. The molecule has 0 unspecified atom stereocenters. The number of carbonyl (C=O) groups is 1. The van der Waals surface area contributed by atoms with Crippen LogP contribution in [-0.4, -0.2) is 57.1 Å². The van der Waals surface area contributed by atoms with Crippen LogP contribution in [0.2, 0.25) is 0 Å². The molecule has 3 N–H and O–H groups in total. The molecule has 0 saturated carbocycles. The van der Waals surface area contributed by atoms with E-state index in [2.05, 4.69) is 10.3 Å². The second kappa shape index (κ2) is 9.89. The lowest BCUT2D eigenvalue weighted by atomic mass is 9.94. The van der Waals surface area contributed by atoms with Crippen LogP contribution in [0.5, 0.6) is 0 Å². The first-order valence-corrected chi connectivity index (χ1v) is 11.9. The van der Waals surface area contributed by atoms with E-state index in [1.807, 2.05) is 32.0 Å². The van der Waals surface area contributed by atoms with E-state index in [0.717, 1.165) is 22.3 Å². The lowest BCUT2D eigenvalue weighted by Crippen LogP contribution is -2.39. The monoisotopic (exact) mass is 479 g/mol. The molecule has 0 aliphatic carbocycles. The van der Waals surface area contributed by atoms with Gasteiger partial charge in [0, 0.05) is 18.7 Å². The molecule has 0 spiro atoms. The van der Waals surface area contributed by atoms with E-state index in [-0.39, 0.29) is 30.7 Å². The van der Waals surface area contributed by atoms with Crippen molar-refractivity contribution in [1.29, 1.82) is 0 Å². The average Bonchev–Trinajstić information content (AvgIpc) is 2.82. The molecule has 1 saturated heterocycles. The number of aliphatic hydroxyl groups is 2. The number of aromatic nitrogens is 2. The number of carbonyl (C=O) groups excluding carboxylic acids is 1. The maximum absolute atomic E-state index is 13.4. The zero-order valence-corrected chi connectivity index (χ0v) is 20.7. The Morgan fingerprint density at radius 3 is 2.60 bits per heavy atom. The second-order valence-electron chi connectivity index (χ2n) is 10.0. The summed E-state index contributed by atoms with van der Waals surface area (Å²) in [6.07, 6.45) is 1.95. The quantitative estimate of drug-likeness (QED) is 0.500. The van der Waals surface area contributed by atoms with Crippen molar-refractivity contribution in [3.05, 3.63) is 74.8 Å². The molecule has 2 aromatic carbocycles. The van der Waals surface area contributed by atoms with Crippen LogP contribution in [0.25, 0.3) is 10.9 Å². The summed E-state index contributed by atoms with van der Waals surface area (Å²) in [4.78, 5) is 30.3. The summed E-state index contributed by atoms with van der Waals surface area (Å²) in [7, 11) is 0. The lowest BCUT2D eigenvalue weighted by Gasteiger charge is -2.29. The molecule has 186 valence electrons. The Morgan fingerprint density at radius 2 is 1.94 bits per heavy atom. The smallest absolute Gasteiger partial charge is 0.261 e. The number of hydrogen-bond acceptors (Lipinski definition) is 6. The van der Waals surface area contributed by atoms with Gasteiger partial charge in [0.2, 0.25) is 0 Å². The van der Waals surface area contributed by atoms with Crippen molar-refractivity contribution in [2.75, 3.05) is 19.8 Å². The van der Waals surface area contributed by atoms with Crippen LogP contribution in [0.1, 0.15) is 58.9 Å². The molecule has 1 aromatic heterocycles. The van der Waals surface area contributed by atoms with Crippen molar-refractivity contribution < 1.29 is 19.7 Å². The summed E-state index contributed by atoms with van der Waals surface area (Å²) in [5.41, 5.74) is 4.10. The van der Waals surface area contributed by atoms with Gasteiger partial charge in [-0.1, -0.05) is 12.1 Å². The van der Waals surface area contributed by atoms with Crippen molar-refractivity contribution >= 4 is 16.8 Å². The molecule has 2 heterocycles. The standard InChI is InChI=1S/C27H33N3O5/c1-16-17(2)24-21(26(33)30(15-29-24)22-9-10-35-13-23(22)31)12-20(16)11-18-5-7-19(8-6-18)25(32)28-14-27(3,4)34/h5-8,12,15,22-23,31,34H,9-11,13-14H2,1-4H3,(H,28,32)/t22-,23-/m0/s1. The highest BCUT2D eigenvalue weighted by Crippen LogP contribution is 2.26. The molecular formula is C27H33N3O5. The highest BCUT2D eigenvalue weighted by atomic mass is 16.5.